The smallest absolute Gasteiger partial charge is 0.325 e. The number of esters is 1. The van der Waals surface area contributed by atoms with Crippen molar-refractivity contribution in [1.82, 2.24) is 4.57 Å². The van der Waals surface area contributed by atoms with Crippen LogP contribution in [-0.2, 0) is 20.9 Å². The van der Waals surface area contributed by atoms with E-state index in [1.54, 1.807) is 42.0 Å². The molecule has 0 spiro atoms. The Morgan fingerprint density at radius 3 is 2.68 bits per heavy atom. The number of carbonyl (C=O) groups is 2. The minimum absolute atomic E-state index is 0.0422. The molecule has 0 saturated heterocycles. The molecular formula is C24H23N3O4. The predicted octanol–water partition coefficient (Wildman–Crippen LogP) is 4.15. The van der Waals surface area contributed by atoms with Crippen LogP contribution in [0.1, 0.15) is 19.4 Å². The van der Waals surface area contributed by atoms with E-state index in [1.807, 2.05) is 37.3 Å². The number of carbonyl (C=O) groups excluding carboxylic acids is 2. The van der Waals surface area contributed by atoms with Gasteiger partial charge in [-0.05, 0) is 38.1 Å². The fourth-order valence-electron chi connectivity index (χ4n) is 3.20. The van der Waals surface area contributed by atoms with Gasteiger partial charge in [-0.3, -0.25) is 9.59 Å². The number of amides is 1. The number of hydrogen-bond acceptors (Lipinski definition) is 5. The second-order valence-corrected chi connectivity index (χ2v) is 6.62. The van der Waals surface area contributed by atoms with Crippen LogP contribution in [0.2, 0.25) is 0 Å². The van der Waals surface area contributed by atoms with Gasteiger partial charge in [0.05, 0.1) is 13.2 Å². The zero-order chi connectivity index (χ0) is 22.2. The molecule has 0 aliphatic carbocycles. The predicted molar refractivity (Wildman–Crippen MR) is 118 cm³/mol. The van der Waals surface area contributed by atoms with Gasteiger partial charge in [0.15, 0.2) is 0 Å². The number of para-hydroxylation sites is 1. The first kappa shape index (κ1) is 21.7. The van der Waals surface area contributed by atoms with Crippen LogP contribution in [0.25, 0.3) is 17.0 Å². The summed E-state index contributed by atoms with van der Waals surface area (Å²) in [6.45, 7) is 4.48. The Morgan fingerprint density at radius 1 is 1.13 bits per heavy atom. The molecule has 3 rings (SSSR count). The molecule has 0 aliphatic heterocycles. The van der Waals surface area contributed by atoms with Crippen molar-refractivity contribution in [2.75, 3.05) is 18.5 Å². The Kier molecular flexibility index (Phi) is 7.07. The zero-order valence-electron chi connectivity index (χ0n) is 17.4. The molecule has 31 heavy (non-hydrogen) atoms. The summed E-state index contributed by atoms with van der Waals surface area (Å²) in [6.07, 6.45) is 3.26. The summed E-state index contributed by atoms with van der Waals surface area (Å²) in [5.74, 6) is -0.255. The molecule has 3 aromatic rings. The number of rotatable bonds is 8. The Labute approximate surface area is 180 Å². The van der Waals surface area contributed by atoms with Crippen LogP contribution in [0.4, 0.5) is 5.69 Å². The first-order valence-electron chi connectivity index (χ1n) is 9.95. The van der Waals surface area contributed by atoms with Gasteiger partial charge in [0.2, 0.25) is 0 Å². The molecule has 0 radical (unpaired) electrons. The third kappa shape index (κ3) is 5.31. The quantitative estimate of drug-likeness (QED) is 0.338. The Morgan fingerprint density at radius 2 is 1.94 bits per heavy atom. The zero-order valence-corrected chi connectivity index (χ0v) is 17.4. The number of nitrogens with zero attached hydrogens (tertiary/aromatic N) is 2. The average Bonchev–Trinajstić information content (AvgIpc) is 3.10. The third-order valence-corrected chi connectivity index (χ3v) is 4.49. The van der Waals surface area contributed by atoms with E-state index >= 15 is 0 Å². The second kappa shape index (κ2) is 10.1. The Hall–Kier alpha value is -4.05. The van der Waals surface area contributed by atoms with Gasteiger partial charge >= 0.3 is 5.97 Å². The van der Waals surface area contributed by atoms with Crippen molar-refractivity contribution in [2.24, 2.45) is 0 Å². The Balaban J connectivity index is 1.90. The highest BCUT2D eigenvalue weighted by atomic mass is 16.5. The minimum Gasteiger partial charge on any atom is -0.494 e. The first-order valence-corrected chi connectivity index (χ1v) is 9.95. The molecule has 1 amide bonds. The maximum absolute atomic E-state index is 12.7. The van der Waals surface area contributed by atoms with Gasteiger partial charge < -0.3 is 19.4 Å². The van der Waals surface area contributed by atoms with Crippen LogP contribution in [-0.4, -0.2) is 29.7 Å². The van der Waals surface area contributed by atoms with Crippen molar-refractivity contribution in [3.8, 4) is 11.8 Å². The van der Waals surface area contributed by atoms with Gasteiger partial charge in [0, 0.05) is 34.4 Å². The summed E-state index contributed by atoms with van der Waals surface area (Å²) in [7, 11) is 0. The van der Waals surface area contributed by atoms with Gasteiger partial charge in [0.1, 0.15) is 23.9 Å². The van der Waals surface area contributed by atoms with E-state index in [4.69, 9.17) is 9.47 Å². The highest BCUT2D eigenvalue weighted by Gasteiger charge is 2.14. The van der Waals surface area contributed by atoms with Crippen LogP contribution < -0.4 is 10.1 Å². The number of hydrogen-bond donors (Lipinski definition) is 1. The Bertz CT molecular complexity index is 1170. The summed E-state index contributed by atoms with van der Waals surface area (Å²) in [6, 6.07) is 16.4. The average molecular weight is 417 g/mol. The van der Waals surface area contributed by atoms with Gasteiger partial charge in [-0.2, -0.15) is 5.26 Å². The number of fused-ring (bicyclic) bond motifs is 1. The summed E-state index contributed by atoms with van der Waals surface area (Å²) < 4.78 is 12.2. The molecule has 158 valence electrons. The maximum Gasteiger partial charge on any atom is 0.325 e. The summed E-state index contributed by atoms with van der Waals surface area (Å²) >= 11 is 0. The standard InChI is InChI=1S/C24H23N3O4/c1-3-30-20-9-7-8-19(13-20)26-24(29)17(14-25)12-18-15-27(16-23(28)31-4-2)22-11-6-5-10-21(18)22/h5-13,15H,3-4,16H2,1-2H3,(H,26,29)/b17-12+. The van der Waals surface area contributed by atoms with E-state index in [0.29, 0.717) is 30.2 Å². The molecule has 0 atom stereocenters. The number of ether oxygens (including phenoxy) is 2. The highest BCUT2D eigenvalue weighted by molar-refractivity contribution is 6.10. The van der Waals surface area contributed by atoms with Crippen molar-refractivity contribution in [2.45, 2.75) is 20.4 Å². The van der Waals surface area contributed by atoms with Gasteiger partial charge in [-0.1, -0.05) is 24.3 Å². The van der Waals surface area contributed by atoms with Crippen LogP contribution in [0.5, 0.6) is 5.75 Å². The lowest BCUT2D eigenvalue weighted by Gasteiger charge is -2.07. The maximum atomic E-state index is 12.7. The van der Waals surface area contributed by atoms with Crippen LogP contribution in [0.3, 0.4) is 0 Å². The lowest BCUT2D eigenvalue weighted by Crippen LogP contribution is -2.13. The van der Waals surface area contributed by atoms with Gasteiger partial charge in [0.25, 0.3) is 5.91 Å². The number of nitrogens with one attached hydrogen (secondary N) is 1. The van der Waals surface area contributed by atoms with Crippen molar-refractivity contribution in [3.05, 3.63) is 65.9 Å². The second-order valence-electron chi connectivity index (χ2n) is 6.62. The molecule has 0 saturated carbocycles. The summed E-state index contributed by atoms with van der Waals surface area (Å²) in [5.41, 5.74) is 1.95. The summed E-state index contributed by atoms with van der Waals surface area (Å²) in [4.78, 5) is 24.6. The van der Waals surface area contributed by atoms with E-state index in [1.165, 1.54) is 6.08 Å². The molecule has 0 unspecified atom stereocenters. The molecule has 1 aromatic heterocycles. The topological polar surface area (TPSA) is 93.4 Å². The molecule has 0 aliphatic rings. The molecule has 0 bridgehead atoms. The SMILES string of the molecule is CCOC(=O)Cn1cc(/C=C(\C#N)C(=O)Nc2cccc(OCC)c2)c2ccccc21. The fraction of sp³-hybridized carbons (Fsp3) is 0.208. The minimum atomic E-state index is -0.529. The van der Waals surface area contributed by atoms with Crippen molar-refractivity contribution >= 4 is 34.5 Å². The molecule has 0 fully saturated rings. The van der Waals surface area contributed by atoms with Gasteiger partial charge in [-0.25, -0.2) is 0 Å². The molecular weight excluding hydrogens is 394 g/mol. The van der Waals surface area contributed by atoms with Gasteiger partial charge in [-0.15, -0.1) is 0 Å². The monoisotopic (exact) mass is 417 g/mol. The first-order chi connectivity index (χ1) is 15.0. The molecule has 1 heterocycles. The lowest BCUT2D eigenvalue weighted by molar-refractivity contribution is -0.143. The normalized spacial score (nSPS) is 11.1. The van der Waals surface area contributed by atoms with Crippen molar-refractivity contribution < 1.29 is 19.1 Å². The van der Waals surface area contributed by atoms with E-state index in [-0.39, 0.29) is 18.1 Å². The number of anilines is 1. The van der Waals surface area contributed by atoms with E-state index in [0.717, 1.165) is 10.9 Å². The number of benzene rings is 2. The van der Waals surface area contributed by atoms with Crippen molar-refractivity contribution in [1.29, 1.82) is 5.26 Å². The lowest BCUT2D eigenvalue weighted by atomic mass is 10.1. The highest BCUT2D eigenvalue weighted by Crippen LogP contribution is 2.24. The fourth-order valence-corrected chi connectivity index (χ4v) is 3.20. The summed E-state index contributed by atoms with van der Waals surface area (Å²) in [5, 5.41) is 13.1. The van der Waals surface area contributed by atoms with Crippen LogP contribution >= 0.6 is 0 Å². The molecule has 7 nitrogen and oxygen atoms in total. The van der Waals surface area contributed by atoms with E-state index in [2.05, 4.69) is 5.32 Å². The largest absolute Gasteiger partial charge is 0.494 e. The van der Waals surface area contributed by atoms with Crippen molar-refractivity contribution in [3.63, 3.8) is 0 Å². The number of nitriles is 1. The third-order valence-electron chi connectivity index (χ3n) is 4.49. The van der Waals surface area contributed by atoms with Crippen LogP contribution in [0, 0.1) is 11.3 Å². The molecule has 1 N–H and O–H groups in total. The van der Waals surface area contributed by atoms with E-state index in [9.17, 15) is 14.9 Å². The molecule has 7 heteroatoms. The number of aromatic nitrogens is 1. The van der Waals surface area contributed by atoms with Crippen LogP contribution in [0.15, 0.2) is 60.3 Å². The molecule has 2 aromatic carbocycles. The van der Waals surface area contributed by atoms with E-state index < -0.39 is 5.91 Å².